The number of nitrogens with one attached hydrogen (secondary N) is 1. The van der Waals surface area contributed by atoms with Gasteiger partial charge >= 0.3 is 0 Å². The zero-order valence-corrected chi connectivity index (χ0v) is 17.9. The zero-order chi connectivity index (χ0) is 23.4. The number of carbonyl (C=O) groups is 1. The number of aliphatic hydroxyl groups is 1. The molecule has 174 valence electrons. The van der Waals surface area contributed by atoms with Gasteiger partial charge < -0.3 is 15.2 Å². The Hall–Kier alpha value is -3.57. The molecule has 2 N–H and O–H groups in total. The molecule has 0 spiro atoms. The maximum atomic E-state index is 13.6. The van der Waals surface area contributed by atoms with E-state index in [9.17, 15) is 18.7 Å². The summed E-state index contributed by atoms with van der Waals surface area (Å²) in [7, 11) is 0. The number of hydrogen-bond acceptors (Lipinski definition) is 7. The Balaban J connectivity index is 1.45. The summed E-state index contributed by atoms with van der Waals surface area (Å²) in [6, 6.07) is 5.05. The van der Waals surface area contributed by atoms with Gasteiger partial charge in [-0.3, -0.25) is 9.78 Å². The third-order valence-electron chi connectivity index (χ3n) is 6.32. The Labute approximate surface area is 191 Å². The van der Waals surface area contributed by atoms with Crippen LogP contribution in [0.1, 0.15) is 36.9 Å². The standard InChI is InChI=1S/C23H20F2N6O3/c24-20(25)19-15-8-26-17(28-22(32)12-1-2-12)7-14(15)16(9-27-19)21-29-18-4-3-13(10-31(18)30-21)23(33)5-6-34-11-23/h3-4,7-10,12,20,33H,1-2,5-6,11H2,(H,26,28,32)/t23-/m1/s1. The highest BCUT2D eigenvalue weighted by molar-refractivity contribution is 6.00. The smallest absolute Gasteiger partial charge is 0.281 e. The van der Waals surface area contributed by atoms with E-state index in [0.717, 1.165) is 12.8 Å². The molecule has 1 atom stereocenters. The van der Waals surface area contributed by atoms with Gasteiger partial charge in [0.2, 0.25) is 5.91 Å². The topological polar surface area (TPSA) is 115 Å². The lowest BCUT2D eigenvalue weighted by Gasteiger charge is -2.20. The third kappa shape index (κ3) is 3.57. The van der Waals surface area contributed by atoms with Crippen molar-refractivity contribution in [1.29, 1.82) is 0 Å². The molecule has 0 bridgehead atoms. The molecule has 1 amide bonds. The molecule has 11 heteroatoms. The SMILES string of the molecule is O=C(Nc1cc2c(-c3nc4ccc([C@@]5(O)CCOC5)cn4n3)cnc(C(F)F)c2cn1)C1CC1. The molecule has 6 rings (SSSR count). The lowest BCUT2D eigenvalue weighted by atomic mass is 9.95. The van der Waals surface area contributed by atoms with Gasteiger partial charge in [0.05, 0.1) is 6.61 Å². The summed E-state index contributed by atoms with van der Waals surface area (Å²) in [4.78, 5) is 24.8. The first kappa shape index (κ1) is 21.0. The molecule has 4 aromatic heterocycles. The summed E-state index contributed by atoms with van der Waals surface area (Å²) in [6.07, 6.45) is 3.63. The summed E-state index contributed by atoms with van der Waals surface area (Å²) in [5.74, 6) is 0.381. The van der Waals surface area contributed by atoms with Crippen LogP contribution in [0.25, 0.3) is 27.8 Å². The highest BCUT2D eigenvalue weighted by Crippen LogP contribution is 2.35. The molecule has 34 heavy (non-hydrogen) atoms. The molecule has 2 fully saturated rings. The summed E-state index contributed by atoms with van der Waals surface area (Å²) in [5, 5.41) is 18.6. The minimum atomic E-state index is -2.80. The molecule has 5 heterocycles. The van der Waals surface area contributed by atoms with Crippen molar-refractivity contribution in [2.45, 2.75) is 31.3 Å². The number of carbonyl (C=O) groups excluding carboxylic acids is 1. The predicted octanol–water partition coefficient (Wildman–Crippen LogP) is 3.23. The Kier molecular flexibility index (Phi) is 4.78. The molecule has 2 aliphatic rings. The minimum absolute atomic E-state index is 0.0274. The number of rotatable bonds is 5. The summed E-state index contributed by atoms with van der Waals surface area (Å²) < 4.78 is 34.1. The Morgan fingerprint density at radius 2 is 2.09 bits per heavy atom. The van der Waals surface area contributed by atoms with E-state index >= 15 is 0 Å². The van der Waals surface area contributed by atoms with Crippen molar-refractivity contribution in [3.63, 3.8) is 0 Å². The Bertz CT molecular complexity index is 1430. The van der Waals surface area contributed by atoms with Crippen molar-refractivity contribution in [3.05, 3.63) is 48.0 Å². The van der Waals surface area contributed by atoms with E-state index in [0.29, 0.717) is 35.2 Å². The van der Waals surface area contributed by atoms with Crippen LogP contribution in [0.15, 0.2) is 36.8 Å². The van der Waals surface area contributed by atoms with Crippen molar-refractivity contribution < 1.29 is 23.4 Å². The third-order valence-corrected chi connectivity index (χ3v) is 6.32. The lowest BCUT2D eigenvalue weighted by molar-refractivity contribution is -0.117. The molecule has 0 unspecified atom stereocenters. The van der Waals surface area contributed by atoms with E-state index in [1.54, 1.807) is 24.4 Å². The van der Waals surface area contributed by atoms with Crippen LogP contribution in [0.3, 0.4) is 0 Å². The number of halogens is 2. The summed E-state index contributed by atoms with van der Waals surface area (Å²) in [5.41, 5.74) is 0.106. The first-order valence-corrected chi connectivity index (χ1v) is 11.0. The number of alkyl halides is 2. The molecule has 1 aliphatic heterocycles. The van der Waals surface area contributed by atoms with Gasteiger partial charge in [0.25, 0.3) is 6.43 Å². The van der Waals surface area contributed by atoms with E-state index in [1.807, 2.05) is 0 Å². The monoisotopic (exact) mass is 466 g/mol. The highest BCUT2D eigenvalue weighted by atomic mass is 19.3. The van der Waals surface area contributed by atoms with Gasteiger partial charge in [0.15, 0.2) is 11.5 Å². The van der Waals surface area contributed by atoms with Crippen LogP contribution in [-0.4, -0.2) is 48.8 Å². The average molecular weight is 466 g/mol. The largest absolute Gasteiger partial charge is 0.383 e. The van der Waals surface area contributed by atoms with Crippen molar-refractivity contribution in [2.24, 2.45) is 5.92 Å². The molecule has 9 nitrogen and oxygen atoms in total. The maximum Gasteiger partial charge on any atom is 0.281 e. The molecule has 0 aromatic carbocycles. The number of hydrogen-bond donors (Lipinski definition) is 2. The molecule has 1 saturated heterocycles. The van der Waals surface area contributed by atoms with Gasteiger partial charge in [-0.25, -0.2) is 23.3 Å². The number of nitrogens with zero attached hydrogens (tertiary/aromatic N) is 5. The molecule has 4 aromatic rings. The Morgan fingerprint density at radius 3 is 2.82 bits per heavy atom. The van der Waals surface area contributed by atoms with Gasteiger partial charge in [-0.1, -0.05) is 6.07 Å². The van der Waals surface area contributed by atoms with Crippen molar-refractivity contribution in [1.82, 2.24) is 24.6 Å². The van der Waals surface area contributed by atoms with Crippen LogP contribution in [0.4, 0.5) is 14.6 Å². The fourth-order valence-electron chi connectivity index (χ4n) is 4.20. The van der Waals surface area contributed by atoms with Gasteiger partial charge in [0, 0.05) is 59.4 Å². The van der Waals surface area contributed by atoms with Crippen LogP contribution in [0, 0.1) is 5.92 Å². The second kappa shape index (κ2) is 7.74. The molecule has 1 saturated carbocycles. The van der Waals surface area contributed by atoms with E-state index in [1.165, 1.54) is 16.9 Å². The van der Waals surface area contributed by atoms with Crippen molar-refractivity contribution >= 4 is 28.1 Å². The number of pyridine rings is 3. The van der Waals surface area contributed by atoms with Crippen LogP contribution in [0.2, 0.25) is 0 Å². The van der Waals surface area contributed by atoms with E-state index in [-0.39, 0.29) is 35.5 Å². The zero-order valence-electron chi connectivity index (χ0n) is 17.9. The van der Waals surface area contributed by atoms with Crippen LogP contribution >= 0.6 is 0 Å². The van der Waals surface area contributed by atoms with Crippen molar-refractivity contribution in [3.8, 4) is 11.4 Å². The molecule has 0 radical (unpaired) electrons. The van der Waals surface area contributed by atoms with Crippen LogP contribution in [0.5, 0.6) is 0 Å². The fourth-order valence-corrected chi connectivity index (χ4v) is 4.20. The van der Waals surface area contributed by atoms with Gasteiger partial charge in [-0.2, -0.15) is 0 Å². The number of amides is 1. The second-order valence-corrected chi connectivity index (χ2v) is 8.73. The van der Waals surface area contributed by atoms with Crippen molar-refractivity contribution in [2.75, 3.05) is 18.5 Å². The first-order valence-electron chi connectivity index (χ1n) is 11.0. The van der Waals surface area contributed by atoms with Crippen LogP contribution in [-0.2, 0) is 15.1 Å². The van der Waals surface area contributed by atoms with E-state index in [2.05, 4.69) is 25.4 Å². The fraction of sp³-hybridized carbons (Fsp3) is 0.348. The molecular formula is C23H20F2N6O3. The predicted molar refractivity (Wildman–Crippen MR) is 117 cm³/mol. The van der Waals surface area contributed by atoms with E-state index < -0.39 is 17.7 Å². The normalized spacial score (nSPS) is 20.5. The molecular weight excluding hydrogens is 446 g/mol. The second-order valence-electron chi connectivity index (χ2n) is 8.73. The number of aromatic nitrogens is 5. The van der Waals surface area contributed by atoms with Gasteiger partial charge in [-0.15, -0.1) is 5.10 Å². The quantitative estimate of drug-likeness (QED) is 0.464. The average Bonchev–Trinajstić information content (AvgIpc) is 3.45. The summed E-state index contributed by atoms with van der Waals surface area (Å²) in [6.45, 7) is 0.672. The van der Waals surface area contributed by atoms with Gasteiger partial charge in [0.1, 0.15) is 17.1 Å². The maximum absolute atomic E-state index is 13.6. The van der Waals surface area contributed by atoms with Crippen LogP contribution < -0.4 is 5.32 Å². The molecule has 1 aliphatic carbocycles. The van der Waals surface area contributed by atoms with Gasteiger partial charge in [-0.05, 0) is 25.0 Å². The Morgan fingerprint density at radius 1 is 1.24 bits per heavy atom. The minimum Gasteiger partial charge on any atom is -0.383 e. The van der Waals surface area contributed by atoms with E-state index in [4.69, 9.17) is 4.74 Å². The number of fused-ring (bicyclic) bond motifs is 2. The number of anilines is 1. The first-order chi connectivity index (χ1) is 16.4. The highest BCUT2D eigenvalue weighted by Gasteiger charge is 2.35. The number of ether oxygens (including phenoxy) is 1. The summed E-state index contributed by atoms with van der Waals surface area (Å²) >= 11 is 0. The lowest BCUT2D eigenvalue weighted by Crippen LogP contribution is -2.26.